The van der Waals surface area contributed by atoms with E-state index in [0.29, 0.717) is 12.4 Å². The van der Waals surface area contributed by atoms with E-state index in [1.54, 1.807) is 0 Å². The molecule has 0 saturated carbocycles. The van der Waals surface area contributed by atoms with E-state index in [9.17, 15) is 0 Å². The minimum Gasteiger partial charge on any atom is -0.384 e. The third kappa shape index (κ3) is 4.87. The largest absolute Gasteiger partial charge is 0.384 e. The molecule has 0 aliphatic heterocycles. The maximum Gasteiger partial charge on any atom is 0.118 e. The number of hydrogen-bond donors (Lipinski definition) is 1. The predicted octanol–water partition coefficient (Wildman–Crippen LogP) is 3.86. The van der Waals surface area contributed by atoms with Gasteiger partial charge in [-0.2, -0.15) is 0 Å². The smallest absolute Gasteiger partial charge is 0.118 e. The summed E-state index contributed by atoms with van der Waals surface area (Å²) in [5.74, 6) is 0.544. The molecule has 0 atom stereocenters. The van der Waals surface area contributed by atoms with Crippen LogP contribution in [-0.4, -0.2) is 5.84 Å². The van der Waals surface area contributed by atoms with Gasteiger partial charge >= 0.3 is 0 Å². The van der Waals surface area contributed by atoms with Gasteiger partial charge in [0.2, 0.25) is 0 Å². The quantitative estimate of drug-likeness (QED) is 0.501. The molecule has 0 spiro atoms. The molecule has 2 aromatic carbocycles. The van der Waals surface area contributed by atoms with E-state index in [1.165, 1.54) is 9.13 Å². The van der Waals surface area contributed by atoms with Gasteiger partial charge in [-0.1, -0.05) is 48.5 Å². The van der Waals surface area contributed by atoms with Crippen LogP contribution in [0.15, 0.2) is 65.7 Å². The van der Waals surface area contributed by atoms with E-state index in [0.717, 1.165) is 5.56 Å². The highest BCUT2D eigenvalue weighted by molar-refractivity contribution is 14.1. The number of aliphatic imine (C=N–C) groups is 1. The van der Waals surface area contributed by atoms with Gasteiger partial charge < -0.3 is 5.73 Å². The summed E-state index contributed by atoms with van der Waals surface area (Å²) in [5.41, 5.74) is 8.16. The molecule has 0 amide bonds. The predicted molar refractivity (Wildman–Crippen MR) is 90.0 cm³/mol. The second-order valence-corrected chi connectivity index (χ2v) is 5.36. The van der Waals surface area contributed by atoms with Crippen molar-refractivity contribution in [2.75, 3.05) is 0 Å². The number of hydrogen-bond acceptors (Lipinski definition) is 1. The van der Waals surface area contributed by atoms with Crippen LogP contribution in [0, 0.1) is 3.57 Å². The summed E-state index contributed by atoms with van der Waals surface area (Å²) < 4.78 is 1.21. The molecule has 2 N–H and O–H groups in total. The van der Waals surface area contributed by atoms with Gasteiger partial charge in [0, 0.05) is 3.57 Å². The van der Waals surface area contributed by atoms with Crippen molar-refractivity contribution in [2.24, 2.45) is 10.7 Å². The topological polar surface area (TPSA) is 38.4 Å². The van der Waals surface area contributed by atoms with Gasteiger partial charge in [-0.15, -0.1) is 0 Å². The van der Waals surface area contributed by atoms with Crippen LogP contribution in [-0.2, 0) is 6.54 Å². The van der Waals surface area contributed by atoms with Crippen molar-refractivity contribution in [3.05, 3.63) is 75.4 Å². The van der Waals surface area contributed by atoms with E-state index in [4.69, 9.17) is 5.73 Å². The van der Waals surface area contributed by atoms with Crippen LogP contribution < -0.4 is 5.73 Å². The first-order valence-electron chi connectivity index (χ1n) is 6.01. The summed E-state index contributed by atoms with van der Waals surface area (Å²) in [6.07, 6.45) is 3.80. The summed E-state index contributed by atoms with van der Waals surface area (Å²) in [4.78, 5) is 4.35. The Bertz CT molecular complexity index is 589. The van der Waals surface area contributed by atoms with Crippen LogP contribution in [0.1, 0.15) is 11.1 Å². The zero-order chi connectivity index (χ0) is 13.5. The Balaban J connectivity index is 1.98. The summed E-state index contributed by atoms with van der Waals surface area (Å²) in [6, 6.07) is 18.3. The Morgan fingerprint density at radius 1 is 1.11 bits per heavy atom. The number of benzene rings is 2. The number of nitrogens with two attached hydrogens (primary N) is 1. The highest BCUT2D eigenvalue weighted by Crippen LogP contribution is 2.08. The van der Waals surface area contributed by atoms with E-state index in [1.807, 2.05) is 48.6 Å². The molecule has 0 unspecified atom stereocenters. The van der Waals surface area contributed by atoms with Crippen molar-refractivity contribution < 1.29 is 0 Å². The Morgan fingerprint density at radius 3 is 2.63 bits per heavy atom. The Labute approximate surface area is 127 Å². The van der Waals surface area contributed by atoms with Gasteiger partial charge in [0.05, 0.1) is 6.54 Å². The summed E-state index contributed by atoms with van der Waals surface area (Å²) >= 11 is 2.29. The Morgan fingerprint density at radius 2 is 1.89 bits per heavy atom. The second-order valence-electron chi connectivity index (χ2n) is 4.12. The van der Waals surface area contributed by atoms with Crippen molar-refractivity contribution in [1.82, 2.24) is 0 Å². The van der Waals surface area contributed by atoms with E-state index in [-0.39, 0.29) is 0 Å². The van der Waals surface area contributed by atoms with Gasteiger partial charge in [-0.3, -0.25) is 4.99 Å². The second kappa shape index (κ2) is 7.09. The highest BCUT2D eigenvalue weighted by Gasteiger charge is 1.93. The maximum absolute atomic E-state index is 5.87. The minimum atomic E-state index is 0.544. The average molecular weight is 362 g/mol. The lowest BCUT2D eigenvalue weighted by Crippen LogP contribution is -2.07. The summed E-state index contributed by atoms with van der Waals surface area (Å²) in [6.45, 7) is 0.613. The van der Waals surface area contributed by atoms with Crippen LogP contribution in [0.4, 0.5) is 0 Å². The first kappa shape index (κ1) is 13.8. The molecule has 19 heavy (non-hydrogen) atoms. The molecule has 3 heteroatoms. The van der Waals surface area contributed by atoms with Gasteiger partial charge in [-0.05, 0) is 51.9 Å². The molecule has 0 bridgehead atoms. The van der Waals surface area contributed by atoms with Crippen LogP contribution in [0.5, 0.6) is 0 Å². The molecule has 0 aliphatic carbocycles. The average Bonchev–Trinajstić information content (AvgIpc) is 2.44. The normalized spacial score (nSPS) is 11.9. The van der Waals surface area contributed by atoms with Gasteiger partial charge in [0.15, 0.2) is 0 Å². The number of halogens is 1. The van der Waals surface area contributed by atoms with E-state index >= 15 is 0 Å². The fraction of sp³-hybridized carbons (Fsp3) is 0.0625. The van der Waals surface area contributed by atoms with Gasteiger partial charge in [0.25, 0.3) is 0 Å². The first-order chi connectivity index (χ1) is 9.24. The molecule has 0 radical (unpaired) electrons. The zero-order valence-electron chi connectivity index (χ0n) is 10.5. The maximum atomic E-state index is 5.87. The zero-order valence-corrected chi connectivity index (χ0v) is 12.6. The summed E-state index contributed by atoms with van der Waals surface area (Å²) in [7, 11) is 0. The van der Waals surface area contributed by atoms with Crippen LogP contribution >= 0.6 is 22.6 Å². The first-order valence-corrected chi connectivity index (χ1v) is 7.09. The van der Waals surface area contributed by atoms with Crippen LogP contribution in [0.2, 0.25) is 0 Å². The molecule has 0 saturated heterocycles. The van der Waals surface area contributed by atoms with Crippen molar-refractivity contribution in [2.45, 2.75) is 6.54 Å². The van der Waals surface area contributed by atoms with Crippen molar-refractivity contribution >= 4 is 34.5 Å². The van der Waals surface area contributed by atoms with Crippen LogP contribution in [0.25, 0.3) is 6.08 Å². The number of amidine groups is 1. The highest BCUT2D eigenvalue weighted by atomic mass is 127. The summed E-state index contributed by atoms with van der Waals surface area (Å²) in [5, 5.41) is 0. The van der Waals surface area contributed by atoms with Crippen molar-refractivity contribution in [3.63, 3.8) is 0 Å². The molecule has 0 aromatic heterocycles. The van der Waals surface area contributed by atoms with Gasteiger partial charge in [-0.25, -0.2) is 0 Å². The molecular weight excluding hydrogens is 347 g/mol. The lowest BCUT2D eigenvalue weighted by molar-refractivity contribution is 1.06. The lowest BCUT2D eigenvalue weighted by Gasteiger charge is -1.98. The molecule has 0 aliphatic rings. The van der Waals surface area contributed by atoms with E-state index < -0.39 is 0 Å². The fourth-order valence-corrected chi connectivity index (χ4v) is 2.22. The molecule has 96 valence electrons. The fourth-order valence-electron chi connectivity index (χ4n) is 1.62. The lowest BCUT2D eigenvalue weighted by atomic mass is 10.2. The molecule has 2 rings (SSSR count). The molecule has 2 nitrogen and oxygen atoms in total. The van der Waals surface area contributed by atoms with Crippen LogP contribution in [0.3, 0.4) is 0 Å². The third-order valence-corrected chi connectivity index (χ3v) is 3.25. The molecule has 0 heterocycles. The molecule has 0 fully saturated rings. The standard InChI is InChI=1S/C16H15IN2/c17-15-8-4-7-14(11-15)12-19-16(18)10-9-13-5-2-1-3-6-13/h1-11H,12H2,(H2,18,19). The SMILES string of the molecule is NC(C=Cc1ccccc1)=NCc1cccc(I)c1. The molecular formula is C16H15IN2. The third-order valence-electron chi connectivity index (χ3n) is 2.58. The number of rotatable bonds is 4. The van der Waals surface area contributed by atoms with Gasteiger partial charge in [0.1, 0.15) is 5.84 Å². The van der Waals surface area contributed by atoms with Crippen molar-refractivity contribution in [3.8, 4) is 0 Å². The van der Waals surface area contributed by atoms with Crippen molar-refractivity contribution in [1.29, 1.82) is 0 Å². The Hall–Kier alpha value is -1.62. The number of nitrogens with zero attached hydrogens (tertiary/aromatic N) is 1. The minimum absolute atomic E-state index is 0.544. The monoisotopic (exact) mass is 362 g/mol. The molecule has 2 aromatic rings. The van der Waals surface area contributed by atoms with E-state index in [2.05, 4.69) is 45.8 Å². The Kier molecular flexibility index (Phi) is 5.15.